The van der Waals surface area contributed by atoms with E-state index in [9.17, 15) is 0 Å². The van der Waals surface area contributed by atoms with E-state index in [0.717, 1.165) is 5.69 Å². The van der Waals surface area contributed by atoms with E-state index in [-0.39, 0.29) is 13.1 Å². The molecule has 1 aromatic carbocycles. The van der Waals surface area contributed by atoms with Gasteiger partial charge in [0, 0.05) is 10.7 Å². The Balaban J connectivity index is 2.67. The second-order valence-corrected chi connectivity index (χ2v) is 13.7. The zero-order valence-electron chi connectivity index (χ0n) is 19.7. The Hall–Kier alpha value is -1.20. The minimum Gasteiger partial charge on any atom is -0.252 e. The molecule has 0 N–H and O–H groups in total. The average molecular weight is 398 g/mol. The van der Waals surface area contributed by atoms with E-state index >= 15 is 0 Å². The summed E-state index contributed by atoms with van der Waals surface area (Å²) in [5, 5.41) is 0.0957. The molecule has 0 saturated carbocycles. The SMILES string of the molecule is CC(C)c1cccc(C(C)C)c1-c1cccc(C(C)(C)P(C(C)C)C(C)C)n1. The number of hydrogen-bond donors (Lipinski definition) is 0. The Morgan fingerprint density at radius 2 is 1.18 bits per heavy atom. The minimum atomic E-state index is -0.182. The molecule has 28 heavy (non-hydrogen) atoms. The first-order valence-corrected chi connectivity index (χ1v) is 12.4. The molecule has 0 spiro atoms. The van der Waals surface area contributed by atoms with E-state index in [4.69, 9.17) is 4.98 Å². The van der Waals surface area contributed by atoms with E-state index in [2.05, 4.69) is 106 Å². The van der Waals surface area contributed by atoms with Crippen LogP contribution in [0.2, 0.25) is 0 Å². The molecule has 0 amide bonds. The minimum absolute atomic E-state index is 0.0957. The highest BCUT2D eigenvalue weighted by Crippen LogP contribution is 2.61. The number of rotatable bonds is 7. The van der Waals surface area contributed by atoms with Gasteiger partial charge in [-0.2, -0.15) is 0 Å². The maximum atomic E-state index is 5.30. The monoisotopic (exact) mass is 397 g/mol. The van der Waals surface area contributed by atoms with E-state index in [0.29, 0.717) is 23.2 Å². The van der Waals surface area contributed by atoms with Gasteiger partial charge in [-0.25, -0.2) is 0 Å². The quantitative estimate of drug-likeness (QED) is 0.427. The fourth-order valence-electron chi connectivity index (χ4n) is 4.78. The largest absolute Gasteiger partial charge is 0.252 e. The Labute approximate surface area is 175 Å². The van der Waals surface area contributed by atoms with Gasteiger partial charge in [-0.15, -0.1) is 0 Å². The lowest BCUT2D eigenvalue weighted by Crippen LogP contribution is -2.25. The highest BCUT2D eigenvalue weighted by molar-refractivity contribution is 7.60. The first-order valence-electron chi connectivity index (χ1n) is 10.9. The number of benzene rings is 1. The third kappa shape index (κ3) is 4.68. The van der Waals surface area contributed by atoms with Crippen LogP contribution >= 0.6 is 7.92 Å². The van der Waals surface area contributed by atoms with Gasteiger partial charge in [0.1, 0.15) is 0 Å². The summed E-state index contributed by atoms with van der Waals surface area (Å²) in [7, 11) is -0.182. The van der Waals surface area contributed by atoms with Crippen molar-refractivity contribution < 1.29 is 0 Å². The van der Waals surface area contributed by atoms with Crippen LogP contribution in [0.1, 0.15) is 97.9 Å². The Morgan fingerprint density at radius 3 is 1.61 bits per heavy atom. The van der Waals surface area contributed by atoms with Gasteiger partial charge in [-0.05, 0) is 46.4 Å². The van der Waals surface area contributed by atoms with Gasteiger partial charge in [0.05, 0.1) is 11.4 Å². The second-order valence-electron chi connectivity index (χ2n) is 9.68. The van der Waals surface area contributed by atoms with Crippen LogP contribution in [-0.4, -0.2) is 16.3 Å². The summed E-state index contributed by atoms with van der Waals surface area (Å²) in [4.78, 5) is 5.30. The smallest absolute Gasteiger partial charge is 0.0711 e. The fraction of sp³-hybridized carbons (Fsp3) is 0.577. The first kappa shape index (κ1) is 23.1. The summed E-state index contributed by atoms with van der Waals surface area (Å²) in [6.07, 6.45) is 0. The molecule has 0 aliphatic heterocycles. The van der Waals surface area contributed by atoms with Crippen molar-refractivity contribution in [3.8, 4) is 11.3 Å². The van der Waals surface area contributed by atoms with E-state index < -0.39 is 0 Å². The van der Waals surface area contributed by atoms with Crippen molar-refractivity contribution >= 4 is 7.92 Å². The number of aromatic nitrogens is 1. The summed E-state index contributed by atoms with van der Waals surface area (Å²) in [5.74, 6) is 0.964. The van der Waals surface area contributed by atoms with Crippen molar-refractivity contribution in [3.05, 3.63) is 53.2 Å². The van der Waals surface area contributed by atoms with Crippen molar-refractivity contribution in [1.82, 2.24) is 4.98 Å². The van der Waals surface area contributed by atoms with Crippen LogP contribution < -0.4 is 0 Å². The van der Waals surface area contributed by atoms with Crippen molar-refractivity contribution in [1.29, 1.82) is 0 Å². The maximum Gasteiger partial charge on any atom is 0.0711 e. The van der Waals surface area contributed by atoms with Crippen LogP contribution in [0, 0.1) is 0 Å². The molecule has 1 heterocycles. The van der Waals surface area contributed by atoms with Crippen molar-refractivity contribution in [2.24, 2.45) is 0 Å². The molecule has 0 atom stereocenters. The van der Waals surface area contributed by atoms with Gasteiger partial charge in [-0.3, -0.25) is 4.98 Å². The van der Waals surface area contributed by atoms with Crippen LogP contribution in [0.4, 0.5) is 0 Å². The Morgan fingerprint density at radius 1 is 0.714 bits per heavy atom. The van der Waals surface area contributed by atoms with Crippen LogP contribution in [0.3, 0.4) is 0 Å². The van der Waals surface area contributed by atoms with Crippen molar-refractivity contribution in [3.63, 3.8) is 0 Å². The lowest BCUT2D eigenvalue weighted by Gasteiger charge is -2.40. The van der Waals surface area contributed by atoms with Crippen LogP contribution in [0.15, 0.2) is 36.4 Å². The molecule has 0 fully saturated rings. The number of hydrogen-bond acceptors (Lipinski definition) is 1. The number of pyridine rings is 1. The van der Waals surface area contributed by atoms with Crippen LogP contribution in [0.25, 0.3) is 11.3 Å². The molecule has 0 aliphatic rings. The summed E-state index contributed by atoms with van der Waals surface area (Å²) < 4.78 is 0. The molecule has 2 heteroatoms. The summed E-state index contributed by atoms with van der Waals surface area (Å²) in [6.45, 7) is 23.5. The fourth-order valence-corrected chi connectivity index (χ4v) is 8.94. The molecule has 0 radical (unpaired) electrons. The normalized spacial score (nSPS) is 12.8. The first-order chi connectivity index (χ1) is 13.0. The third-order valence-electron chi connectivity index (χ3n) is 5.76. The molecule has 0 unspecified atom stereocenters. The predicted molar refractivity (Wildman–Crippen MR) is 128 cm³/mol. The summed E-state index contributed by atoms with van der Waals surface area (Å²) >= 11 is 0. The van der Waals surface area contributed by atoms with E-state index in [1.807, 2.05) is 0 Å². The van der Waals surface area contributed by atoms with Crippen molar-refractivity contribution in [2.75, 3.05) is 0 Å². The molecule has 1 aromatic heterocycles. The van der Waals surface area contributed by atoms with Gasteiger partial charge < -0.3 is 0 Å². The van der Waals surface area contributed by atoms with Gasteiger partial charge in [-0.1, -0.05) is 101 Å². The van der Waals surface area contributed by atoms with Gasteiger partial charge >= 0.3 is 0 Å². The molecule has 154 valence electrons. The van der Waals surface area contributed by atoms with E-state index in [1.54, 1.807) is 0 Å². The zero-order valence-corrected chi connectivity index (χ0v) is 20.6. The van der Waals surface area contributed by atoms with E-state index in [1.165, 1.54) is 22.4 Å². The van der Waals surface area contributed by atoms with Gasteiger partial charge in [0.15, 0.2) is 0 Å². The standard InChI is InChI=1S/C26H40NP/c1-17(2)21-13-11-14-22(18(3)4)25(21)23-15-12-16-24(27-23)26(9,10)28(19(5)6)20(7)8/h11-20H,1-10H3. The Kier molecular flexibility index (Phi) is 7.49. The highest BCUT2D eigenvalue weighted by Gasteiger charge is 2.36. The molecule has 1 nitrogen and oxygen atoms in total. The lowest BCUT2D eigenvalue weighted by molar-refractivity contribution is 0.707. The predicted octanol–water partition coefficient (Wildman–Crippen LogP) is 8.53. The zero-order chi connectivity index (χ0) is 21.2. The Bertz CT molecular complexity index is 753. The third-order valence-corrected chi connectivity index (χ3v) is 9.51. The topological polar surface area (TPSA) is 12.9 Å². The van der Waals surface area contributed by atoms with Crippen LogP contribution in [0.5, 0.6) is 0 Å². The molecule has 2 rings (SSSR count). The highest BCUT2D eigenvalue weighted by atomic mass is 31.1. The molecule has 2 aromatic rings. The van der Waals surface area contributed by atoms with Gasteiger partial charge in [0.25, 0.3) is 0 Å². The summed E-state index contributed by atoms with van der Waals surface area (Å²) in [6, 6.07) is 13.4. The molecule has 0 saturated heterocycles. The molecule has 0 aliphatic carbocycles. The number of nitrogens with zero attached hydrogens (tertiary/aromatic N) is 1. The molecule has 0 bridgehead atoms. The average Bonchev–Trinajstić information content (AvgIpc) is 2.60. The van der Waals surface area contributed by atoms with Crippen molar-refractivity contribution in [2.45, 2.75) is 97.5 Å². The maximum absolute atomic E-state index is 5.30. The lowest BCUT2D eigenvalue weighted by atomic mass is 9.86. The molecular weight excluding hydrogens is 357 g/mol. The second kappa shape index (κ2) is 9.08. The van der Waals surface area contributed by atoms with Crippen LogP contribution in [-0.2, 0) is 5.16 Å². The molecular formula is C26H40NP. The van der Waals surface area contributed by atoms with Gasteiger partial charge in [0.2, 0.25) is 0 Å². The summed E-state index contributed by atoms with van der Waals surface area (Å²) in [5.41, 5.74) is 7.91.